The van der Waals surface area contributed by atoms with Gasteiger partial charge in [-0.25, -0.2) is 7.98 Å². The second kappa shape index (κ2) is 2.53. The number of hydrogen-bond acceptors (Lipinski definition) is 0. The van der Waals surface area contributed by atoms with Crippen molar-refractivity contribution in [2.24, 2.45) is 0 Å². The lowest BCUT2D eigenvalue weighted by molar-refractivity contribution is -0.406. The topological polar surface area (TPSA) is 16.6 Å². The van der Waals surface area contributed by atoms with E-state index >= 15 is 0 Å². The third-order valence-corrected chi connectivity index (χ3v) is 0.992. The van der Waals surface area contributed by atoms with Crippen molar-refractivity contribution < 1.29 is 5.23 Å². The lowest BCUT2D eigenvalue weighted by Crippen LogP contribution is -2.74. The van der Waals surface area contributed by atoms with Crippen LogP contribution in [0.15, 0.2) is 30.3 Å². The van der Waals surface area contributed by atoms with Gasteiger partial charge in [-0.05, 0) is 12.1 Å². The second-order valence-corrected chi connectivity index (χ2v) is 1.58. The van der Waals surface area contributed by atoms with Crippen LogP contribution in [0.4, 0.5) is 5.69 Å². The van der Waals surface area contributed by atoms with Crippen molar-refractivity contribution >= 4 is 13.7 Å². The quantitative estimate of drug-likeness (QED) is 0.380. The molecular formula is C6H7BN. The average Bonchev–Trinajstić information content (AvgIpc) is 1.90. The van der Waals surface area contributed by atoms with Crippen molar-refractivity contribution in [2.45, 2.75) is 0 Å². The highest BCUT2D eigenvalue weighted by atomic mass is 14.7. The molecular weight excluding hydrogens is 96.9 g/mol. The van der Waals surface area contributed by atoms with E-state index in [-0.39, 0.29) is 0 Å². The Morgan fingerprint density at radius 2 is 1.75 bits per heavy atom. The molecule has 2 heteroatoms. The Bertz CT molecular complexity index is 150. The summed E-state index contributed by atoms with van der Waals surface area (Å²) in [7, 11) is 5.22. The molecule has 0 amide bonds. The minimum Gasteiger partial charge on any atom is -0.575 e. The summed E-state index contributed by atoms with van der Waals surface area (Å²) in [5.41, 5.74) is 1.06. The molecule has 2 N–H and O–H groups in total. The van der Waals surface area contributed by atoms with Crippen LogP contribution in [0, 0.1) is 0 Å². The fourth-order valence-electron chi connectivity index (χ4n) is 0.564. The van der Waals surface area contributed by atoms with Gasteiger partial charge in [0.25, 0.3) is 0 Å². The summed E-state index contributed by atoms with van der Waals surface area (Å²) in [6.07, 6.45) is 0. The molecule has 1 aromatic carbocycles. The molecule has 1 aromatic rings. The smallest absolute Gasteiger partial charge is 0.0786 e. The van der Waals surface area contributed by atoms with Gasteiger partial charge in [0.2, 0.25) is 0 Å². The van der Waals surface area contributed by atoms with E-state index in [9.17, 15) is 0 Å². The molecule has 1 nitrogen and oxygen atoms in total. The highest BCUT2D eigenvalue weighted by Gasteiger charge is 1.77. The first-order valence-electron chi connectivity index (χ1n) is 2.53. The number of benzene rings is 1. The van der Waals surface area contributed by atoms with Crippen LogP contribution in [-0.4, -0.2) is 7.98 Å². The summed E-state index contributed by atoms with van der Waals surface area (Å²) >= 11 is 0. The largest absolute Gasteiger partial charge is 0.575 e. The van der Waals surface area contributed by atoms with Crippen LogP contribution < -0.4 is 5.23 Å². The van der Waals surface area contributed by atoms with Crippen LogP contribution >= 0.6 is 0 Å². The van der Waals surface area contributed by atoms with Gasteiger partial charge in [0.15, 0.2) is 0 Å². The molecule has 3 radical (unpaired) electrons. The molecule has 0 aliphatic heterocycles. The second-order valence-electron chi connectivity index (χ2n) is 1.58. The van der Waals surface area contributed by atoms with Crippen LogP contribution in [0.25, 0.3) is 0 Å². The maximum Gasteiger partial charge on any atom is 0.0786 e. The lowest BCUT2D eigenvalue weighted by Gasteiger charge is -2.00. The van der Waals surface area contributed by atoms with Gasteiger partial charge >= 0.3 is 0 Å². The van der Waals surface area contributed by atoms with Gasteiger partial charge < -0.3 is 5.23 Å². The van der Waals surface area contributed by atoms with Crippen molar-refractivity contribution in [1.29, 1.82) is 0 Å². The molecule has 0 heterocycles. The Kier molecular flexibility index (Phi) is 1.70. The number of nitrogens with two attached hydrogens (primary N) is 1. The van der Waals surface area contributed by atoms with Crippen LogP contribution in [0.1, 0.15) is 0 Å². The molecule has 39 valence electrons. The highest BCUT2D eigenvalue weighted by Crippen LogP contribution is 1.94. The van der Waals surface area contributed by atoms with Gasteiger partial charge in [-0.15, -0.1) is 0 Å². The number of hydrogen-bond donors (Lipinski definition) is 1. The standard InChI is InChI=1S/C6H7BN/c7-8-6-4-2-1-3-5-6/h1-5H,8H2. The normalized spacial score (nSPS) is 9.12. The van der Waals surface area contributed by atoms with E-state index < -0.39 is 0 Å². The summed E-state index contributed by atoms with van der Waals surface area (Å²) in [4.78, 5) is 0. The van der Waals surface area contributed by atoms with Crippen LogP contribution in [0.2, 0.25) is 0 Å². The fraction of sp³-hybridized carbons (Fsp3) is 0. The molecule has 8 heavy (non-hydrogen) atoms. The molecule has 0 fully saturated rings. The zero-order chi connectivity index (χ0) is 5.82. The highest BCUT2D eigenvalue weighted by molar-refractivity contribution is 5.95. The average molecular weight is 104 g/mol. The summed E-state index contributed by atoms with van der Waals surface area (Å²) in [5.74, 6) is 0. The van der Waals surface area contributed by atoms with Gasteiger partial charge in [-0.2, -0.15) is 0 Å². The fourth-order valence-corrected chi connectivity index (χ4v) is 0.564. The predicted octanol–water partition coefficient (Wildman–Crippen LogP) is -0.0350. The van der Waals surface area contributed by atoms with E-state index in [1.165, 1.54) is 0 Å². The van der Waals surface area contributed by atoms with Gasteiger partial charge in [0.1, 0.15) is 0 Å². The molecule has 1 rings (SSSR count). The molecule has 0 aliphatic rings. The van der Waals surface area contributed by atoms with Gasteiger partial charge in [-0.3, -0.25) is 0 Å². The number of quaternary nitrogens is 1. The van der Waals surface area contributed by atoms with Crippen molar-refractivity contribution in [2.75, 3.05) is 0 Å². The van der Waals surface area contributed by atoms with Crippen molar-refractivity contribution in [3.05, 3.63) is 30.3 Å². The van der Waals surface area contributed by atoms with Crippen LogP contribution in [0.3, 0.4) is 0 Å². The third-order valence-electron chi connectivity index (χ3n) is 0.992. The van der Waals surface area contributed by atoms with E-state index in [1.54, 1.807) is 5.23 Å². The monoisotopic (exact) mass is 104 g/mol. The minimum absolute atomic E-state index is 1.06. The molecule has 0 spiro atoms. The molecule has 0 saturated heterocycles. The third kappa shape index (κ3) is 1.11. The van der Waals surface area contributed by atoms with E-state index in [1.807, 2.05) is 30.3 Å². The lowest BCUT2D eigenvalue weighted by atomic mass is 10.3. The SMILES string of the molecule is [B-][NH2+]c1ccccc1. The Balaban J connectivity index is 2.83. The first kappa shape index (κ1) is 5.38. The Labute approximate surface area is 50.2 Å². The Hall–Kier alpha value is -0.755. The zero-order valence-corrected chi connectivity index (χ0v) is 4.54. The van der Waals surface area contributed by atoms with Gasteiger partial charge in [0, 0.05) is 0 Å². The summed E-state index contributed by atoms with van der Waals surface area (Å²) in [6, 6.07) is 9.80. The van der Waals surface area contributed by atoms with Crippen LogP contribution in [0.5, 0.6) is 0 Å². The summed E-state index contributed by atoms with van der Waals surface area (Å²) in [6.45, 7) is 0. The van der Waals surface area contributed by atoms with E-state index in [0.29, 0.717) is 0 Å². The minimum atomic E-state index is 1.06. The van der Waals surface area contributed by atoms with Crippen molar-refractivity contribution in [1.82, 2.24) is 0 Å². The van der Waals surface area contributed by atoms with Crippen molar-refractivity contribution in [3.8, 4) is 0 Å². The Morgan fingerprint density at radius 1 is 1.12 bits per heavy atom. The Morgan fingerprint density at radius 3 is 2.12 bits per heavy atom. The molecule has 0 aromatic heterocycles. The van der Waals surface area contributed by atoms with E-state index in [2.05, 4.69) is 0 Å². The first-order valence-corrected chi connectivity index (χ1v) is 2.53. The summed E-state index contributed by atoms with van der Waals surface area (Å²) in [5, 5.41) is 1.58. The van der Waals surface area contributed by atoms with Gasteiger partial charge in [0.05, 0.1) is 5.69 Å². The van der Waals surface area contributed by atoms with Crippen LogP contribution in [-0.2, 0) is 0 Å². The van der Waals surface area contributed by atoms with Crippen molar-refractivity contribution in [3.63, 3.8) is 0 Å². The number of rotatable bonds is 1. The summed E-state index contributed by atoms with van der Waals surface area (Å²) < 4.78 is 0. The van der Waals surface area contributed by atoms with E-state index in [0.717, 1.165) is 5.69 Å². The predicted molar refractivity (Wildman–Crippen MR) is 33.8 cm³/mol. The maximum absolute atomic E-state index is 5.22. The van der Waals surface area contributed by atoms with Gasteiger partial charge in [-0.1, -0.05) is 18.2 Å². The molecule has 0 bridgehead atoms. The molecule has 0 atom stereocenters. The molecule has 0 unspecified atom stereocenters. The maximum atomic E-state index is 5.22. The first-order chi connectivity index (χ1) is 3.93. The molecule has 0 saturated carbocycles. The molecule has 0 aliphatic carbocycles. The van der Waals surface area contributed by atoms with E-state index in [4.69, 9.17) is 7.98 Å². The zero-order valence-electron chi connectivity index (χ0n) is 4.54.